The zero-order valence-electron chi connectivity index (χ0n) is 10.4. The van der Waals surface area contributed by atoms with Gasteiger partial charge in [0.2, 0.25) is 10.0 Å². The molecule has 0 atom stereocenters. The van der Waals surface area contributed by atoms with Crippen LogP contribution < -0.4 is 10.5 Å². The van der Waals surface area contributed by atoms with E-state index >= 15 is 0 Å². The second kappa shape index (κ2) is 5.34. The molecule has 2 aromatic rings. The molecule has 0 aliphatic rings. The number of rotatable bonds is 4. The number of carbonyl (C=O) groups is 2. The van der Waals surface area contributed by atoms with Gasteiger partial charge in [-0.05, 0) is 24.3 Å². The quantitative estimate of drug-likeness (QED) is 0.623. The number of nitrogens with one attached hydrogen (secondary N) is 2. The number of aromatic nitrogens is 2. The molecular formula is C11H10N4O5S. The lowest BCUT2D eigenvalue weighted by atomic mass is 10.2. The molecule has 0 saturated heterocycles. The highest BCUT2D eigenvalue weighted by atomic mass is 32.2. The number of aromatic carboxylic acids is 1. The largest absolute Gasteiger partial charge is 0.477 e. The van der Waals surface area contributed by atoms with Crippen LogP contribution in [0.4, 0.5) is 5.69 Å². The summed E-state index contributed by atoms with van der Waals surface area (Å²) in [5.74, 6) is -2.06. The fraction of sp³-hybridized carbons (Fsp3) is 0. The Balaban J connectivity index is 2.20. The van der Waals surface area contributed by atoms with Crippen LogP contribution in [0.2, 0.25) is 0 Å². The van der Waals surface area contributed by atoms with Crippen molar-refractivity contribution in [3.05, 3.63) is 42.0 Å². The van der Waals surface area contributed by atoms with Crippen molar-refractivity contribution in [2.75, 3.05) is 5.32 Å². The molecule has 1 heterocycles. The summed E-state index contributed by atoms with van der Waals surface area (Å²) < 4.78 is 22.2. The smallest absolute Gasteiger partial charge is 0.354 e. The van der Waals surface area contributed by atoms with Gasteiger partial charge in [-0.3, -0.25) is 4.79 Å². The first-order valence-electron chi connectivity index (χ1n) is 5.50. The molecule has 9 nitrogen and oxygen atoms in total. The van der Waals surface area contributed by atoms with Crippen molar-refractivity contribution in [3.8, 4) is 0 Å². The molecule has 2 rings (SSSR count). The lowest BCUT2D eigenvalue weighted by molar-refractivity contribution is 0.0686. The van der Waals surface area contributed by atoms with Gasteiger partial charge in [-0.25, -0.2) is 23.3 Å². The third kappa shape index (κ3) is 3.24. The van der Waals surface area contributed by atoms with E-state index in [9.17, 15) is 18.0 Å². The van der Waals surface area contributed by atoms with Gasteiger partial charge in [0.15, 0.2) is 11.4 Å². The summed E-state index contributed by atoms with van der Waals surface area (Å²) in [6.45, 7) is 0. The third-order valence-electron chi connectivity index (χ3n) is 2.51. The highest BCUT2D eigenvalue weighted by molar-refractivity contribution is 7.89. The summed E-state index contributed by atoms with van der Waals surface area (Å²) in [6.07, 6.45) is 1.09. The van der Waals surface area contributed by atoms with Gasteiger partial charge in [0.1, 0.15) is 0 Å². The number of primary sulfonamides is 1. The number of nitrogens with zero attached hydrogens (tertiary/aromatic N) is 1. The maximum atomic E-state index is 11.9. The Morgan fingerprint density at radius 1 is 1.24 bits per heavy atom. The third-order valence-corrected chi connectivity index (χ3v) is 3.44. The molecule has 0 aliphatic carbocycles. The average molecular weight is 310 g/mol. The molecule has 0 bridgehead atoms. The number of sulfonamides is 1. The van der Waals surface area contributed by atoms with Crippen molar-refractivity contribution in [1.82, 2.24) is 9.97 Å². The Labute approximate surface area is 118 Å². The van der Waals surface area contributed by atoms with Crippen LogP contribution in [0.1, 0.15) is 21.0 Å². The van der Waals surface area contributed by atoms with Gasteiger partial charge in [-0.1, -0.05) is 0 Å². The molecule has 5 N–H and O–H groups in total. The molecule has 1 aromatic heterocycles. The SMILES string of the molecule is NS(=O)(=O)c1ccc(NC(=O)c2nc[nH]c2C(=O)O)cc1. The molecule has 1 aromatic carbocycles. The first kappa shape index (κ1) is 14.7. The van der Waals surface area contributed by atoms with Crippen molar-refractivity contribution in [2.45, 2.75) is 4.90 Å². The van der Waals surface area contributed by atoms with E-state index < -0.39 is 21.9 Å². The van der Waals surface area contributed by atoms with Gasteiger partial charge in [0.25, 0.3) is 5.91 Å². The Hall–Kier alpha value is -2.72. The van der Waals surface area contributed by atoms with Gasteiger partial charge >= 0.3 is 5.97 Å². The molecule has 0 unspecified atom stereocenters. The first-order chi connectivity index (χ1) is 9.79. The van der Waals surface area contributed by atoms with Crippen LogP contribution in [-0.4, -0.2) is 35.4 Å². The van der Waals surface area contributed by atoms with Crippen molar-refractivity contribution in [2.24, 2.45) is 5.14 Å². The number of nitrogens with two attached hydrogens (primary N) is 1. The number of amides is 1. The van der Waals surface area contributed by atoms with Crippen LogP contribution >= 0.6 is 0 Å². The summed E-state index contributed by atoms with van der Waals surface area (Å²) in [6, 6.07) is 5.08. The lowest BCUT2D eigenvalue weighted by Gasteiger charge is -2.05. The number of imidazole rings is 1. The standard InChI is InChI=1S/C11H10N4O5S/c12-21(19,20)7-3-1-6(2-4-7)15-10(16)8-9(11(17)18)14-5-13-8/h1-5H,(H,13,14)(H,15,16)(H,17,18)(H2,12,19,20). The molecular weight excluding hydrogens is 300 g/mol. The predicted molar refractivity (Wildman–Crippen MR) is 71.3 cm³/mol. The molecule has 21 heavy (non-hydrogen) atoms. The van der Waals surface area contributed by atoms with Crippen molar-refractivity contribution in [3.63, 3.8) is 0 Å². The van der Waals surface area contributed by atoms with E-state index in [-0.39, 0.29) is 22.0 Å². The van der Waals surface area contributed by atoms with Gasteiger partial charge < -0.3 is 15.4 Å². The Morgan fingerprint density at radius 2 is 1.86 bits per heavy atom. The van der Waals surface area contributed by atoms with Crippen molar-refractivity contribution in [1.29, 1.82) is 0 Å². The second-order valence-electron chi connectivity index (χ2n) is 3.95. The number of benzene rings is 1. The normalized spacial score (nSPS) is 11.1. The van der Waals surface area contributed by atoms with Crippen LogP contribution in [0.25, 0.3) is 0 Å². The number of carboxylic acids is 1. The molecule has 10 heteroatoms. The number of hydrogen-bond donors (Lipinski definition) is 4. The van der Waals surface area contributed by atoms with Crippen LogP contribution in [-0.2, 0) is 10.0 Å². The van der Waals surface area contributed by atoms with Crippen LogP contribution in [0.15, 0.2) is 35.5 Å². The zero-order chi connectivity index (χ0) is 15.6. The number of carbonyl (C=O) groups excluding carboxylic acids is 1. The number of aromatic amines is 1. The summed E-state index contributed by atoms with van der Waals surface area (Å²) in [7, 11) is -3.82. The van der Waals surface area contributed by atoms with E-state index in [4.69, 9.17) is 10.2 Å². The molecule has 0 saturated carbocycles. The zero-order valence-corrected chi connectivity index (χ0v) is 11.2. The molecule has 1 amide bonds. The highest BCUT2D eigenvalue weighted by Gasteiger charge is 2.19. The first-order valence-corrected chi connectivity index (χ1v) is 7.04. The van der Waals surface area contributed by atoms with Crippen LogP contribution in [0, 0.1) is 0 Å². The Morgan fingerprint density at radius 3 is 2.38 bits per heavy atom. The molecule has 0 radical (unpaired) electrons. The van der Waals surface area contributed by atoms with E-state index in [2.05, 4.69) is 15.3 Å². The summed E-state index contributed by atoms with van der Waals surface area (Å²) in [5.41, 5.74) is -0.349. The fourth-order valence-electron chi connectivity index (χ4n) is 1.55. The monoisotopic (exact) mass is 310 g/mol. The van der Waals surface area contributed by atoms with Crippen LogP contribution in [0.5, 0.6) is 0 Å². The van der Waals surface area contributed by atoms with Gasteiger partial charge in [-0.15, -0.1) is 0 Å². The minimum Gasteiger partial charge on any atom is -0.477 e. The van der Waals surface area contributed by atoms with E-state index in [0.29, 0.717) is 0 Å². The average Bonchev–Trinajstić information content (AvgIpc) is 2.87. The number of hydrogen-bond acceptors (Lipinski definition) is 5. The second-order valence-corrected chi connectivity index (χ2v) is 5.52. The topological polar surface area (TPSA) is 155 Å². The molecule has 0 spiro atoms. The highest BCUT2D eigenvalue weighted by Crippen LogP contribution is 2.14. The maximum absolute atomic E-state index is 11.9. The van der Waals surface area contributed by atoms with Crippen LogP contribution in [0.3, 0.4) is 0 Å². The van der Waals surface area contributed by atoms with E-state index in [1.165, 1.54) is 24.3 Å². The van der Waals surface area contributed by atoms with Crippen molar-refractivity contribution < 1.29 is 23.1 Å². The minimum absolute atomic E-state index is 0.105. The summed E-state index contributed by atoms with van der Waals surface area (Å²) in [4.78, 5) is 28.6. The minimum atomic E-state index is -3.82. The molecule has 0 fully saturated rings. The number of carboxylic acid groups (broad SMARTS) is 1. The Kier molecular flexibility index (Phi) is 3.74. The molecule has 110 valence electrons. The summed E-state index contributed by atoms with van der Waals surface area (Å²) in [5, 5.41) is 16.2. The Bertz CT molecular complexity index is 794. The van der Waals surface area contributed by atoms with Crippen molar-refractivity contribution >= 4 is 27.6 Å². The predicted octanol–water partition coefficient (Wildman–Crippen LogP) is 0.00760. The number of H-pyrrole nitrogens is 1. The van der Waals surface area contributed by atoms with Gasteiger partial charge in [-0.2, -0.15) is 0 Å². The fourth-order valence-corrected chi connectivity index (χ4v) is 2.06. The number of anilines is 1. The van der Waals surface area contributed by atoms with Gasteiger partial charge in [0, 0.05) is 5.69 Å². The molecule has 0 aliphatic heterocycles. The van der Waals surface area contributed by atoms with E-state index in [0.717, 1.165) is 6.33 Å². The van der Waals surface area contributed by atoms with Gasteiger partial charge in [0.05, 0.1) is 11.2 Å². The lowest BCUT2D eigenvalue weighted by Crippen LogP contribution is -2.17. The maximum Gasteiger partial charge on any atom is 0.354 e. The van der Waals surface area contributed by atoms with E-state index in [1.807, 2.05) is 0 Å². The van der Waals surface area contributed by atoms with E-state index in [1.54, 1.807) is 0 Å². The summed E-state index contributed by atoms with van der Waals surface area (Å²) >= 11 is 0.